The van der Waals surface area contributed by atoms with Gasteiger partial charge < -0.3 is 10.4 Å². The third-order valence-corrected chi connectivity index (χ3v) is 4.09. The Bertz CT molecular complexity index is 706. The minimum atomic E-state index is -0.703. The van der Waals surface area contributed by atoms with Gasteiger partial charge in [0.05, 0.1) is 0 Å². The van der Waals surface area contributed by atoms with Crippen LogP contribution < -0.4 is 5.32 Å². The lowest BCUT2D eigenvalue weighted by molar-refractivity contribution is 0.0945. The maximum atomic E-state index is 11.9. The third kappa shape index (κ3) is 2.57. The zero-order chi connectivity index (χ0) is 15.0. The summed E-state index contributed by atoms with van der Waals surface area (Å²) in [5.41, 5.74) is 5.62. The number of carbonyl (C=O) groups is 1. The Kier molecular flexibility index (Phi) is 3.52. The molecule has 108 valence electrons. The molecule has 1 heterocycles. The number of hydrogen-bond donors (Lipinski definition) is 2. The number of aryl methyl sites for hydroxylation is 2. The molecule has 1 aliphatic heterocycles. The van der Waals surface area contributed by atoms with Crippen LogP contribution in [0.15, 0.2) is 36.4 Å². The molecule has 2 N–H and O–H groups in total. The highest BCUT2D eigenvalue weighted by Gasteiger charge is 2.20. The van der Waals surface area contributed by atoms with E-state index in [0.29, 0.717) is 12.1 Å². The molecule has 21 heavy (non-hydrogen) atoms. The largest absolute Gasteiger partial charge is 0.384 e. The molecule has 2 aromatic rings. The second kappa shape index (κ2) is 5.34. The number of nitrogens with one attached hydrogen (secondary N) is 1. The summed E-state index contributed by atoms with van der Waals surface area (Å²) >= 11 is 0. The van der Waals surface area contributed by atoms with Gasteiger partial charge in [-0.25, -0.2) is 0 Å². The van der Waals surface area contributed by atoms with Crippen LogP contribution in [0, 0.1) is 13.8 Å². The molecule has 1 aliphatic rings. The summed E-state index contributed by atoms with van der Waals surface area (Å²) < 4.78 is 0. The molecular weight excluding hydrogens is 262 g/mol. The molecule has 1 unspecified atom stereocenters. The lowest BCUT2D eigenvalue weighted by Crippen LogP contribution is -2.31. The van der Waals surface area contributed by atoms with Crippen molar-refractivity contribution in [3.05, 3.63) is 69.8 Å². The number of amides is 1. The van der Waals surface area contributed by atoms with E-state index in [1.54, 1.807) is 0 Å². The highest BCUT2D eigenvalue weighted by atomic mass is 16.3. The SMILES string of the molecule is Cc1ccc(C(O)c2ccc3c(c2)C(=O)NCC3)c(C)c1. The molecule has 1 amide bonds. The summed E-state index contributed by atoms with van der Waals surface area (Å²) in [6.07, 6.45) is 0.145. The minimum absolute atomic E-state index is 0.0501. The van der Waals surface area contributed by atoms with E-state index in [9.17, 15) is 9.90 Å². The standard InChI is InChI=1S/C18H19NO2/c1-11-3-6-15(12(2)9-11)17(20)14-5-4-13-7-8-19-18(21)16(13)10-14/h3-6,9-10,17,20H,7-8H2,1-2H3,(H,19,21). The molecule has 3 nitrogen and oxygen atoms in total. The average Bonchev–Trinajstić information content (AvgIpc) is 2.47. The fourth-order valence-electron chi connectivity index (χ4n) is 2.91. The fraction of sp³-hybridized carbons (Fsp3) is 0.278. The van der Waals surface area contributed by atoms with E-state index < -0.39 is 6.10 Å². The first kappa shape index (κ1) is 13.8. The van der Waals surface area contributed by atoms with E-state index >= 15 is 0 Å². The Morgan fingerprint density at radius 2 is 1.95 bits per heavy atom. The van der Waals surface area contributed by atoms with E-state index in [0.717, 1.165) is 28.7 Å². The number of aliphatic hydroxyl groups excluding tert-OH is 1. The molecule has 0 bridgehead atoms. The van der Waals surface area contributed by atoms with Crippen molar-refractivity contribution in [3.63, 3.8) is 0 Å². The smallest absolute Gasteiger partial charge is 0.251 e. The zero-order valence-corrected chi connectivity index (χ0v) is 12.3. The highest BCUT2D eigenvalue weighted by molar-refractivity contribution is 5.96. The molecule has 2 aromatic carbocycles. The van der Waals surface area contributed by atoms with E-state index in [4.69, 9.17) is 0 Å². The van der Waals surface area contributed by atoms with Crippen molar-refractivity contribution >= 4 is 5.91 Å². The molecule has 0 spiro atoms. The number of carbonyl (C=O) groups excluding carboxylic acids is 1. The molecule has 3 heteroatoms. The normalized spacial score (nSPS) is 15.3. The first-order chi connectivity index (χ1) is 10.1. The number of aliphatic hydroxyl groups is 1. The summed E-state index contributed by atoms with van der Waals surface area (Å²) in [5, 5.41) is 13.5. The maximum Gasteiger partial charge on any atom is 0.251 e. The molecule has 0 radical (unpaired) electrons. The Morgan fingerprint density at radius 1 is 1.14 bits per heavy atom. The van der Waals surface area contributed by atoms with Crippen LogP contribution in [0.3, 0.4) is 0 Å². The van der Waals surface area contributed by atoms with Crippen molar-refractivity contribution < 1.29 is 9.90 Å². The number of benzene rings is 2. The summed E-state index contributed by atoms with van der Waals surface area (Å²) in [6, 6.07) is 11.7. The van der Waals surface area contributed by atoms with Crippen LogP contribution in [0.25, 0.3) is 0 Å². The molecular formula is C18H19NO2. The van der Waals surface area contributed by atoms with Crippen LogP contribution in [0.5, 0.6) is 0 Å². The number of rotatable bonds is 2. The van der Waals surface area contributed by atoms with Gasteiger partial charge in [-0.05, 0) is 48.6 Å². The van der Waals surface area contributed by atoms with Crippen LogP contribution in [0.4, 0.5) is 0 Å². The van der Waals surface area contributed by atoms with Crippen molar-refractivity contribution in [2.45, 2.75) is 26.4 Å². The molecule has 0 saturated carbocycles. The van der Waals surface area contributed by atoms with E-state index in [2.05, 4.69) is 11.4 Å². The molecule has 0 fully saturated rings. The lowest BCUT2D eigenvalue weighted by atomic mass is 9.92. The van der Waals surface area contributed by atoms with Gasteiger partial charge in [-0.2, -0.15) is 0 Å². The van der Waals surface area contributed by atoms with E-state index in [1.807, 2.05) is 44.2 Å². The van der Waals surface area contributed by atoms with Gasteiger partial charge in [-0.3, -0.25) is 4.79 Å². The Morgan fingerprint density at radius 3 is 2.71 bits per heavy atom. The van der Waals surface area contributed by atoms with Gasteiger partial charge in [0, 0.05) is 12.1 Å². The van der Waals surface area contributed by atoms with Crippen molar-refractivity contribution in [1.29, 1.82) is 0 Å². The van der Waals surface area contributed by atoms with Gasteiger partial charge in [0.2, 0.25) is 0 Å². The second-order valence-corrected chi connectivity index (χ2v) is 5.69. The van der Waals surface area contributed by atoms with Crippen molar-refractivity contribution in [1.82, 2.24) is 5.32 Å². The predicted octanol–water partition coefficient (Wildman–Crippen LogP) is 2.67. The van der Waals surface area contributed by atoms with Crippen LogP contribution in [0.2, 0.25) is 0 Å². The predicted molar refractivity (Wildman–Crippen MR) is 82.5 cm³/mol. The summed E-state index contributed by atoms with van der Waals surface area (Å²) in [6.45, 7) is 4.72. The molecule has 0 saturated heterocycles. The third-order valence-electron chi connectivity index (χ3n) is 4.09. The summed E-state index contributed by atoms with van der Waals surface area (Å²) in [5.74, 6) is -0.0501. The topological polar surface area (TPSA) is 49.3 Å². The fourth-order valence-corrected chi connectivity index (χ4v) is 2.91. The minimum Gasteiger partial charge on any atom is -0.384 e. The van der Waals surface area contributed by atoms with Crippen LogP contribution >= 0.6 is 0 Å². The van der Waals surface area contributed by atoms with Crippen LogP contribution in [-0.2, 0) is 6.42 Å². The second-order valence-electron chi connectivity index (χ2n) is 5.69. The first-order valence-corrected chi connectivity index (χ1v) is 7.22. The molecule has 3 rings (SSSR count). The molecule has 0 aliphatic carbocycles. The zero-order valence-electron chi connectivity index (χ0n) is 12.3. The van der Waals surface area contributed by atoms with E-state index in [-0.39, 0.29) is 5.91 Å². The lowest BCUT2D eigenvalue weighted by Gasteiger charge is -2.20. The van der Waals surface area contributed by atoms with Crippen molar-refractivity contribution in [2.75, 3.05) is 6.54 Å². The van der Waals surface area contributed by atoms with Gasteiger partial charge in [-0.15, -0.1) is 0 Å². The Hall–Kier alpha value is -2.13. The van der Waals surface area contributed by atoms with Gasteiger partial charge in [0.25, 0.3) is 5.91 Å². The van der Waals surface area contributed by atoms with Crippen LogP contribution in [-0.4, -0.2) is 17.6 Å². The van der Waals surface area contributed by atoms with Gasteiger partial charge >= 0.3 is 0 Å². The Labute approximate surface area is 124 Å². The van der Waals surface area contributed by atoms with E-state index in [1.165, 1.54) is 5.56 Å². The molecule has 0 aromatic heterocycles. The highest BCUT2D eigenvalue weighted by Crippen LogP contribution is 2.27. The average molecular weight is 281 g/mol. The van der Waals surface area contributed by atoms with Gasteiger partial charge in [-0.1, -0.05) is 35.9 Å². The summed E-state index contributed by atoms with van der Waals surface area (Å²) in [7, 11) is 0. The Balaban J connectivity index is 2.00. The molecule has 1 atom stereocenters. The van der Waals surface area contributed by atoms with Crippen molar-refractivity contribution in [3.8, 4) is 0 Å². The maximum absolute atomic E-state index is 11.9. The summed E-state index contributed by atoms with van der Waals surface area (Å²) in [4.78, 5) is 11.9. The first-order valence-electron chi connectivity index (χ1n) is 7.22. The monoisotopic (exact) mass is 281 g/mol. The van der Waals surface area contributed by atoms with Gasteiger partial charge in [0.1, 0.15) is 6.10 Å². The number of fused-ring (bicyclic) bond motifs is 1. The number of hydrogen-bond acceptors (Lipinski definition) is 2. The quantitative estimate of drug-likeness (QED) is 0.889. The van der Waals surface area contributed by atoms with Crippen molar-refractivity contribution in [2.24, 2.45) is 0 Å². The van der Waals surface area contributed by atoms with Gasteiger partial charge in [0.15, 0.2) is 0 Å². The van der Waals surface area contributed by atoms with Crippen LogP contribution in [0.1, 0.15) is 44.3 Å².